The molecule has 0 bridgehead atoms. The number of rotatable bonds is 4. The maximum atomic E-state index is 11.5. The van der Waals surface area contributed by atoms with Crippen LogP contribution in [0.5, 0.6) is 0 Å². The molecule has 0 spiro atoms. The number of carbonyl (C=O) groups is 2. The van der Waals surface area contributed by atoms with E-state index in [0.29, 0.717) is 5.02 Å². The van der Waals surface area contributed by atoms with E-state index in [0.717, 1.165) is 5.56 Å². The van der Waals surface area contributed by atoms with Gasteiger partial charge in [-0.05, 0) is 25.5 Å². The number of halogens is 1. The first-order valence-corrected chi connectivity index (χ1v) is 5.59. The van der Waals surface area contributed by atoms with Crippen molar-refractivity contribution in [2.24, 2.45) is 5.92 Å². The Kier molecular flexibility index (Phi) is 4.52. The average Bonchev–Trinajstić information content (AvgIpc) is 2.28. The summed E-state index contributed by atoms with van der Waals surface area (Å²) in [6.45, 7) is 3.10. The third-order valence-corrected chi connectivity index (χ3v) is 2.84. The van der Waals surface area contributed by atoms with Crippen LogP contribution in [0.2, 0.25) is 5.02 Å². The molecule has 1 amide bonds. The number of aliphatic carboxylic acids is 1. The van der Waals surface area contributed by atoms with Crippen molar-refractivity contribution < 1.29 is 14.7 Å². The van der Waals surface area contributed by atoms with Crippen molar-refractivity contribution in [3.05, 3.63) is 34.9 Å². The molecule has 1 aromatic carbocycles. The third kappa shape index (κ3) is 3.46. The summed E-state index contributed by atoms with van der Waals surface area (Å²) in [7, 11) is 0. The van der Waals surface area contributed by atoms with Crippen LogP contribution >= 0.6 is 11.6 Å². The number of amides is 1. The predicted molar refractivity (Wildman–Crippen MR) is 64.8 cm³/mol. The van der Waals surface area contributed by atoms with Crippen molar-refractivity contribution >= 4 is 23.5 Å². The molecule has 17 heavy (non-hydrogen) atoms. The maximum absolute atomic E-state index is 11.5. The van der Waals surface area contributed by atoms with Gasteiger partial charge in [0, 0.05) is 5.02 Å². The number of carboxylic acid groups (broad SMARTS) is 1. The van der Waals surface area contributed by atoms with Crippen molar-refractivity contribution in [1.29, 1.82) is 0 Å². The number of hydrogen-bond donors (Lipinski definition) is 2. The molecule has 0 aromatic heterocycles. The summed E-state index contributed by atoms with van der Waals surface area (Å²) in [5.41, 5.74) is 0.764. The highest BCUT2D eigenvalue weighted by molar-refractivity contribution is 6.31. The Bertz CT molecular complexity index is 434. The van der Waals surface area contributed by atoms with Crippen LogP contribution in [0, 0.1) is 5.92 Å². The van der Waals surface area contributed by atoms with Gasteiger partial charge >= 0.3 is 5.97 Å². The Morgan fingerprint density at radius 3 is 2.41 bits per heavy atom. The van der Waals surface area contributed by atoms with Crippen molar-refractivity contribution in [1.82, 2.24) is 5.32 Å². The monoisotopic (exact) mass is 255 g/mol. The number of nitrogens with one attached hydrogen (secondary N) is 1. The van der Waals surface area contributed by atoms with Crippen molar-refractivity contribution in [3.63, 3.8) is 0 Å². The van der Waals surface area contributed by atoms with Gasteiger partial charge in [0.1, 0.15) is 5.92 Å². The highest BCUT2D eigenvalue weighted by Crippen LogP contribution is 2.22. The molecule has 0 aliphatic rings. The van der Waals surface area contributed by atoms with Gasteiger partial charge in [0.25, 0.3) is 0 Å². The van der Waals surface area contributed by atoms with Gasteiger partial charge in [-0.1, -0.05) is 29.8 Å². The van der Waals surface area contributed by atoms with Gasteiger partial charge in [-0.25, -0.2) is 0 Å². The molecule has 1 rings (SSSR count). The standard InChI is InChI=1S/C12H14ClNO3/c1-7(12(16)17)11(15)14-8(2)9-5-3-4-6-10(9)13/h3-8H,1-2H3,(H,14,15)(H,16,17). The molecule has 0 saturated carbocycles. The van der Waals surface area contributed by atoms with Crippen LogP contribution < -0.4 is 5.32 Å². The van der Waals surface area contributed by atoms with E-state index in [1.54, 1.807) is 25.1 Å². The molecule has 2 atom stereocenters. The normalized spacial score (nSPS) is 13.8. The van der Waals surface area contributed by atoms with Gasteiger partial charge in [-0.2, -0.15) is 0 Å². The SMILES string of the molecule is CC(C(=O)O)C(=O)NC(C)c1ccccc1Cl. The zero-order valence-corrected chi connectivity index (χ0v) is 10.4. The minimum absolute atomic E-state index is 0.321. The molecule has 4 nitrogen and oxygen atoms in total. The lowest BCUT2D eigenvalue weighted by molar-refractivity contribution is -0.146. The second-order valence-corrected chi connectivity index (χ2v) is 4.22. The predicted octanol–water partition coefficient (Wildman–Crippen LogP) is 2.24. The summed E-state index contributed by atoms with van der Waals surface area (Å²) in [4.78, 5) is 22.2. The van der Waals surface area contributed by atoms with E-state index in [-0.39, 0.29) is 6.04 Å². The highest BCUT2D eigenvalue weighted by atomic mass is 35.5. The number of carboxylic acids is 1. The molecule has 0 fully saturated rings. The van der Waals surface area contributed by atoms with E-state index < -0.39 is 17.8 Å². The molecule has 2 unspecified atom stereocenters. The summed E-state index contributed by atoms with van der Waals surface area (Å²) in [5.74, 6) is -2.74. The smallest absolute Gasteiger partial charge is 0.315 e. The molecule has 0 radical (unpaired) electrons. The van der Waals surface area contributed by atoms with Crippen LogP contribution in [0.25, 0.3) is 0 Å². The molecule has 0 heterocycles. The largest absolute Gasteiger partial charge is 0.481 e. The second-order valence-electron chi connectivity index (χ2n) is 3.81. The number of benzene rings is 1. The summed E-state index contributed by atoms with van der Waals surface area (Å²) in [6.07, 6.45) is 0. The zero-order chi connectivity index (χ0) is 13.0. The van der Waals surface area contributed by atoms with Crippen molar-refractivity contribution in [3.8, 4) is 0 Å². The Morgan fingerprint density at radius 2 is 1.88 bits per heavy atom. The molecule has 0 aliphatic carbocycles. The Morgan fingerprint density at radius 1 is 1.29 bits per heavy atom. The summed E-state index contributed by atoms with van der Waals surface area (Å²) in [6, 6.07) is 6.79. The molecule has 5 heteroatoms. The van der Waals surface area contributed by atoms with Gasteiger partial charge in [0.2, 0.25) is 5.91 Å². The maximum Gasteiger partial charge on any atom is 0.315 e. The average molecular weight is 256 g/mol. The third-order valence-electron chi connectivity index (χ3n) is 2.49. The van der Waals surface area contributed by atoms with Gasteiger partial charge < -0.3 is 10.4 Å². The summed E-state index contributed by atoms with van der Waals surface area (Å²) >= 11 is 5.98. The van der Waals surface area contributed by atoms with Crippen molar-refractivity contribution in [2.75, 3.05) is 0 Å². The molecular weight excluding hydrogens is 242 g/mol. The fraction of sp³-hybridized carbons (Fsp3) is 0.333. The van der Waals surface area contributed by atoms with Gasteiger partial charge in [0.15, 0.2) is 0 Å². The first-order chi connectivity index (χ1) is 7.93. The van der Waals surface area contributed by atoms with Crippen LogP contribution in [0.1, 0.15) is 25.5 Å². The van der Waals surface area contributed by atoms with Crippen LogP contribution in [0.15, 0.2) is 24.3 Å². The highest BCUT2D eigenvalue weighted by Gasteiger charge is 2.22. The molecule has 2 N–H and O–H groups in total. The van der Waals surface area contributed by atoms with E-state index in [9.17, 15) is 9.59 Å². The Balaban J connectivity index is 2.73. The minimum atomic E-state index is -1.14. The first kappa shape index (κ1) is 13.5. The van der Waals surface area contributed by atoms with Gasteiger partial charge in [-0.15, -0.1) is 0 Å². The topological polar surface area (TPSA) is 66.4 Å². The molecule has 92 valence electrons. The molecule has 0 aliphatic heterocycles. The second kappa shape index (κ2) is 5.68. The number of hydrogen-bond acceptors (Lipinski definition) is 2. The quantitative estimate of drug-likeness (QED) is 0.811. The summed E-state index contributed by atoms with van der Waals surface area (Å²) < 4.78 is 0. The lowest BCUT2D eigenvalue weighted by atomic mass is 10.1. The van der Waals surface area contributed by atoms with E-state index in [1.165, 1.54) is 6.92 Å². The Labute approximate surface area is 105 Å². The van der Waals surface area contributed by atoms with Gasteiger partial charge in [-0.3, -0.25) is 9.59 Å². The van der Waals surface area contributed by atoms with Crippen LogP contribution in [0.3, 0.4) is 0 Å². The number of carbonyl (C=O) groups excluding carboxylic acids is 1. The molecular formula is C12H14ClNO3. The Hall–Kier alpha value is -1.55. The van der Waals surface area contributed by atoms with E-state index in [1.807, 2.05) is 6.07 Å². The minimum Gasteiger partial charge on any atom is -0.481 e. The van der Waals surface area contributed by atoms with Crippen LogP contribution in [0.4, 0.5) is 0 Å². The fourth-order valence-corrected chi connectivity index (χ4v) is 1.65. The lowest BCUT2D eigenvalue weighted by Gasteiger charge is -2.17. The first-order valence-electron chi connectivity index (χ1n) is 5.21. The van der Waals surface area contributed by atoms with E-state index in [4.69, 9.17) is 16.7 Å². The molecule has 1 aromatic rings. The van der Waals surface area contributed by atoms with Crippen LogP contribution in [-0.2, 0) is 9.59 Å². The lowest BCUT2D eigenvalue weighted by Crippen LogP contribution is -2.35. The summed E-state index contributed by atoms with van der Waals surface area (Å²) in [5, 5.41) is 11.9. The van der Waals surface area contributed by atoms with Crippen molar-refractivity contribution in [2.45, 2.75) is 19.9 Å². The zero-order valence-electron chi connectivity index (χ0n) is 9.61. The fourth-order valence-electron chi connectivity index (χ4n) is 1.35. The van der Waals surface area contributed by atoms with E-state index >= 15 is 0 Å². The van der Waals surface area contributed by atoms with E-state index in [2.05, 4.69) is 5.32 Å². The van der Waals surface area contributed by atoms with Crippen LogP contribution in [-0.4, -0.2) is 17.0 Å². The molecule has 0 saturated heterocycles. The van der Waals surface area contributed by atoms with Gasteiger partial charge in [0.05, 0.1) is 6.04 Å².